The highest BCUT2D eigenvalue weighted by Gasteiger charge is 2.22. The second-order valence-electron chi connectivity index (χ2n) is 5.83. The van der Waals surface area contributed by atoms with Crippen molar-refractivity contribution in [3.63, 3.8) is 0 Å². The lowest BCUT2D eigenvalue weighted by Crippen LogP contribution is -2.42. The van der Waals surface area contributed by atoms with Gasteiger partial charge in [-0.05, 0) is 24.8 Å². The summed E-state index contributed by atoms with van der Waals surface area (Å²) in [4.78, 5) is 12.2. The molecule has 118 valence electrons. The van der Waals surface area contributed by atoms with Gasteiger partial charge in [0.15, 0.2) is 0 Å². The van der Waals surface area contributed by atoms with Crippen LogP contribution in [0.25, 0.3) is 0 Å². The number of hydrogen-bond donors (Lipinski definition) is 2. The molecule has 0 radical (unpaired) electrons. The molecule has 4 heteroatoms. The van der Waals surface area contributed by atoms with Crippen LogP contribution in [0.15, 0.2) is 24.3 Å². The van der Waals surface area contributed by atoms with Crippen molar-refractivity contribution in [3.8, 4) is 5.75 Å². The van der Waals surface area contributed by atoms with Crippen molar-refractivity contribution in [1.29, 1.82) is 0 Å². The molecule has 0 spiro atoms. The Morgan fingerprint density at radius 1 is 1.33 bits per heavy atom. The molecule has 1 aromatic rings. The number of nitrogens with one attached hydrogen (secondary N) is 1. The predicted octanol–water partition coefficient (Wildman–Crippen LogP) is 3.03. The Bertz CT molecular complexity index is 446. The van der Waals surface area contributed by atoms with E-state index in [4.69, 9.17) is 10.5 Å². The Morgan fingerprint density at radius 2 is 2.00 bits per heavy atom. The van der Waals surface area contributed by atoms with Crippen LogP contribution in [0.4, 0.5) is 0 Å². The number of hydrogen-bond acceptors (Lipinski definition) is 3. The topological polar surface area (TPSA) is 64.4 Å². The van der Waals surface area contributed by atoms with Crippen LogP contribution in [0.3, 0.4) is 0 Å². The van der Waals surface area contributed by atoms with Gasteiger partial charge >= 0.3 is 0 Å². The van der Waals surface area contributed by atoms with Gasteiger partial charge < -0.3 is 15.8 Å². The molecule has 2 unspecified atom stereocenters. The third kappa shape index (κ3) is 5.38. The fraction of sp³-hybridized carbons (Fsp3) is 0.588. The molecule has 0 aliphatic rings. The zero-order chi connectivity index (χ0) is 15.8. The lowest BCUT2D eigenvalue weighted by atomic mass is 9.95. The highest BCUT2D eigenvalue weighted by molar-refractivity contribution is 5.82. The molecule has 0 aromatic heterocycles. The van der Waals surface area contributed by atoms with Gasteiger partial charge in [0, 0.05) is 5.56 Å². The van der Waals surface area contributed by atoms with Crippen LogP contribution in [-0.4, -0.2) is 19.1 Å². The second kappa shape index (κ2) is 8.67. The van der Waals surface area contributed by atoms with E-state index >= 15 is 0 Å². The van der Waals surface area contributed by atoms with Crippen LogP contribution in [0.1, 0.15) is 51.6 Å². The maximum Gasteiger partial charge on any atom is 0.237 e. The number of nitrogens with two attached hydrogens (primary N) is 1. The molecule has 0 fully saturated rings. The summed E-state index contributed by atoms with van der Waals surface area (Å²) in [6.07, 6.45) is 2.45. The van der Waals surface area contributed by atoms with Gasteiger partial charge in [0.1, 0.15) is 5.75 Å². The molecule has 1 rings (SSSR count). The molecular formula is C17H28N2O2. The first-order valence-corrected chi connectivity index (χ1v) is 7.68. The Labute approximate surface area is 128 Å². The van der Waals surface area contributed by atoms with Crippen LogP contribution >= 0.6 is 0 Å². The average molecular weight is 292 g/mol. The lowest BCUT2D eigenvalue weighted by molar-refractivity contribution is -0.123. The van der Waals surface area contributed by atoms with Gasteiger partial charge in [-0.15, -0.1) is 0 Å². The molecule has 0 saturated heterocycles. The Kier molecular flexibility index (Phi) is 7.23. The summed E-state index contributed by atoms with van der Waals surface area (Å²) in [5.41, 5.74) is 6.92. The largest absolute Gasteiger partial charge is 0.496 e. The van der Waals surface area contributed by atoms with E-state index in [9.17, 15) is 4.79 Å². The molecule has 1 aromatic carbocycles. The summed E-state index contributed by atoms with van der Waals surface area (Å²) in [6, 6.07) is 7.29. The van der Waals surface area contributed by atoms with Crippen molar-refractivity contribution in [2.45, 2.75) is 52.1 Å². The summed E-state index contributed by atoms with van der Waals surface area (Å²) in [5.74, 6) is 1.17. The molecule has 0 aliphatic carbocycles. The molecule has 1 amide bonds. The Balaban J connectivity index is 2.92. The Hall–Kier alpha value is -1.55. The van der Waals surface area contributed by atoms with E-state index < -0.39 is 6.04 Å². The van der Waals surface area contributed by atoms with Crippen LogP contribution in [0.5, 0.6) is 5.75 Å². The minimum absolute atomic E-state index is 0.0726. The van der Waals surface area contributed by atoms with Gasteiger partial charge in [0.25, 0.3) is 0 Å². The average Bonchev–Trinajstić information content (AvgIpc) is 2.46. The lowest BCUT2D eigenvalue weighted by Gasteiger charge is -2.24. The number of ether oxygens (including phenoxy) is 1. The normalized spacial score (nSPS) is 13.8. The van der Waals surface area contributed by atoms with E-state index in [-0.39, 0.29) is 11.9 Å². The van der Waals surface area contributed by atoms with E-state index in [1.54, 1.807) is 7.11 Å². The van der Waals surface area contributed by atoms with Gasteiger partial charge in [0.2, 0.25) is 5.91 Å². The fourth-order valence-electron chi connectivity index (χ4n) is 2.41. The summed E-state index contributed by atoms with van der Waals surface area (Å²) >= 11 is 0. The zero-order valence-corrected chi connectivity index (χ0v) is 13.6. The maximum atomic E-state index is 12.2. The minimum atomic E-state index is -0.445. The molecule has 2 atom stereocenters. The maximum absolute atomic E-state index is 12.2. The number of carbonyl (C=O) groups excluding carboxylic acids is 1. The molecule has 0 saturated carbocycles. The van der Waals surface area contributed by atoms with Crippen LogP contribution in [0.2, 0.25) is 0 Å². The van der Waals surface area contributed by atoms with Crippen molar-refractivity contribution < 1.29 is 9.53 Å². The molecule has 0 heterocycles. The number of amides is 1. The van der Waals surface area contributed by atoms with Gasteiger partial charge in [-0.3, -0.25) is 4.79 Å². The van der Waals surface area contributed by atoms with Gasteiger partial charge in [-0.1, -0.05) is 45.4 Å². The molecule has 3 N–H and O–H groups in total. The monoisotopic (exact) mass is 292 g/mol. The van der Waals surface area contributed by atoms with Crippen molar-refractivity contribution >= 4 is 5.91 Å². The number of methoxy groups -OCH3 is 1. The number of benzene rings is 1. The third-order valence-corrected chi connectivity index (χ3v) is 3.47. The van der Waals surface area contributed by atoms with Gasteiger partial charge in [-0.2, -0.15) is 0 Å². The standard InChI is InChI=1S/C17H28N2O2/c1-5-8-14(18)17(20)19-15(11-12(2)3)13-9-6-7-10-16(13)21-4/h6-7,9-10,12,14-15H,5,8,11,18H2,1-4H3,(H,19,20). The minimum Gasteiger partial charge on any atom is -0.496 e. The van der Waals surface area contributed by atoms with E-state index in [2.05, 4.69) is 19.2 Å². The highest BCUT2D eigenvalue weighted by Crippen LogP contribution is 2.29. The molecule has 4 nitrogen and oxygen atoms in total. The van der Waals surface area contributed by atoms with E-state index in [0.717, 1.165) is 24.2 Å². The Morgan fingerprint density at radius 3 is 2.57 bits per heavy atom. The van der Waals surface area contributed by atoms with Crippen LogP contribution < -0.4 is 15.8 Å². The zero-order valence-electron chi connectivity index (χ0n) is 13.6. The molecule has 0 bridgehead atoms. The third-order valence-electron chi connectivity index (χ3n) is 3.47. The number of para-hydroxylation sites is 1. The number of carbonyl (C=O) groups is 1. The smallest absolute Gasteiger partial charge is 0.237 e. The van der Waals surface area contributed by atoms with Gasteiger partial charge in [0.05, 0.1) is 19.2 Å². The highest BCUT2D eigenvalue weighted by atomic mass is 16.5. The van der Waals surface area contributed by atoms with Crippen molar-refractivity contribution in [2.75, 3.05) is 7.11 Å². The second-order valence-corrected chi connectivity index (χ2v) is 5.83. The first kappa shape index (κ1) is 17.5. The number of rotatable bonds is 8. The van der Waals surface area contributed by atoms with Gasteiger partial charge in [-0.25, -0.2) is 0 Å². The van der Waals surface area contributed by atoms with E-state index in [1.807, 2.05) is 31.2 Å². The predicted molar refractivity (Wildman–Crippen MR) is 86.2 cm³/mol. The SMILES string of the molecule is CCCC(N)C(=O)NC(CC(C)C)c1ccccc1OC. The summed E-state index contributed by atoms with van der Waals surface area (Å²) in [7, 11) is 1.65. The fourth-order valence-corrected chi connectivity index (χ4v) is 2.41. The summed E-state index contributed by atoms with van der Waals surface area (Å²) < 4.78 is 5.41. The van der Waals surface area contributed by atoms with E-state index in [0.29, 0.717) is 12.3 Å². The summed E-state index contributed by atoms with van der Waals surface area (Å²) in [5, 5.41) is 3.08. The van der Waals surface area contributed by atoms with E-state index in [1.165, 1.54) is 0 Å². The molecule has 21 heavy (non-hydrogen) atoms. The van der Waals surface area contributed by atoms with Crippen molar-refractivity contribution in [1.82, 2.24) is 5.32 Å². The quantitative estimate of drug-likeness (QED) is 0.774. The summed E-state index contributed by atoms with van der Waals surface area (Å²) in [6.45, 7) is 6.31. The first-order chi connectivity index (χ1) is 9.99. The van der Waals surface area contributed by atoms with Crippen LogP contribution in [-0.2, 0) is 4.79 Å². The molecular weight excluding hydrogens is 264 g/mol. The van der Waals surface area contributed by atoms with Crippen molar-refractivity contribution in [2.24, 2.45) is 11.7 Å². The first-order valence-electron chi connectivity index (χ1n) is 7.68. The molecule has 0 aliphatic heterocycles. The van der Waals surface area contributed by atoms with Crippen molar-refractivity contribution in [3.05, 3.63) is 29.8 Å². The van der Waals surface area contributed by atoms with Crippen LogP contribution in [0, 0.1) is 5.92 Å².